The predicted octanol–water partition coefficient (Wildman–Crippen LogP) is 5.99. The Morgan fingerprint density at radius 2 is 1.81 bits per heavy atom. The largest absolute Gasteiger partial charge is 0.494 e. The highest BCUT2D eigenvalue weighted by Gasteiger charge is 2.27. The molecule has 26 heavy (non-hydrogen) atoms. The van der Waals surface area contributed by atoms with Crippen molar-refractivity contribution in [3.05, 3.63) is 64.7 Å². The summed E-state index contributed by atoms with van der Waals surface area (Å²) in [6.45, 7) is 8.98. The lowest BCUT2D eigenvalue weighted by molar-refractivity contribution is 0.333. The van der Waals surface area contributed by atoms with E-state index in [-0.39, 0.29) is 17.0 Å². The van der Waals surface area contributed by atoms with E-state index in [9.17, 15) is 8.78 Å². The van der Waals surface area contributed by atoms with Crippen LogP contribution in [0.4, 0.5) is 8.78 Å². The molecule has 0 saturated carbocycles. The zero-order valence-corrected chi connectivity index (χ0v) is 15.8. The fourth-order valence-electron chi connectivity index (χ4n) is 3.34. The van der Waals surface area contributed by atoms with Crippen LogP contribution in [-0.4, -0.2) is 12.3 Å². The summed E-state index contributed by atoms with van der Waals surface area (Å²) in [5.41, 5.74) is 2.68. The first-order valence-corrected chi connectivity index (χ1v) is 9.09. The lowest BCUT2D eigenvalue weighted by Gasteiger charge is -2.22. The number of hydrogen-bond acceptors (Lipinski definition) is 2. The third-order valence-electron chi connectivity index (χ3n) is 4.76. The third kappa shape index (κ3) is 3.64. The van der Waals surface area contributed by atoms with Gasteiger partial charge >= 0.3 is 0 Å². The van der Waals surface area contributed by atoms with E-state index in [0.29, 0.717) is 18.7 Å². The second-order valence-corrected chi connectivity index (χ2v) is 7.66. The molecule has 138 valence electrons. The zero-order chi connectivity index (χ0) is 18.9. The van der Waals surface area contributed by atoms with E-state index >= 15 is 0 Å². The lowest BCUT2D eigenvalue weighted by Crippen LogP contribution is -2.12. The van der Waals surface area contributed by atoms with Gasteiger partial charge in [0.15, 0.2) is 0 Å². The third-order valence-corrected chi connectivity index (χ3v) is 4.76. The van der Waals surface area contributed by atoms with Crippen LogP contribution in [0.2, 0.25) is 0 Å². The van der Waals surface area contributed by atoms with Gasteiger partial charge < -0.3 is 4.74 Å². The van der Waals surface area contributed by atoms with Gasteiger partial charge in [0, 0.05) is 11.3 Å². The maximum atomic E-state index is 14.1. The number of benzene rings is 2. The van der Waals surface area contributed by atoms with Gasteiger partial charge in [0.2, 0.25) is 0 Å². The highest BCUT2D eigenvalue weighted by molar-refractivity contribution is 6.02. The molecule has 0 bridgehead atoms. The fourth-order valence-corrected chi connectivity index (χ4v) is 3.34. The molecule has 0 fully saturated rings. The Labute approximate surface area is 153 Å². The van der Waals surface area contributed by atoms with Gasteiger partial charge in [-0.25, -0.2) is 8.78 Å². The van der Waals surface area contributed by atoms with Gasteiger partial charge in [-0.3, -0.25) is 4.99 Å². The average Bonchev–Trinajstić information content (AvgIpc) is 3.03. The highest BCUT2D eigenvalue weighted by Crippen LogP contribution is 2.39. The number of halogens is 2. The predicted molar refractivity (Wildman–Crippen MR) is 101 cm³/mol. The molecule has 3 rings (SSSR count). The van der Waals surface area contributed by atoms with Crippen LogP contribution in [0.5, 0.6) is 5.75 Å². The van der Waals surface area contributed by atoms with E-state index in [1.807, 2.05) is 13.0 Å². The normalized spacial score (nSPS) is 17.3. The smallest absolute Gasteiger partial charge is 0.135 e. The molecule has 2 nitrogen and oxygen atoms in total. The van der Waals surface area contributed by atoms with Crippen molar-refractivity contribution in [3.63, 3.8) is 0 Å². The van der Waals surface area contributed by atoms with Crippen molar-refractivity contribution in [2.45, 2.75) is 52.0 Å². The quantitative estimate of drug-likeness (QED) is 0.659. The van der Waals surface area contributed by atoms with Crippen molar-refractivity contribution < 1.29 is 13.5 Å². The topological polar surface area (TPSA) is 21.6 Å². The maximum absolute atomic E-state index is 14.1. The summed E-state index contributed by atoms with van der Waals surface area (Å²) < 4.78 is 34.0. The first-order chi connectivity index (χ1) is 12.3. The van der Waals surface area contributed by atoms with E-state index in [2.05, 4.69) is 37.9 Å². The summed E-state index contributed by atoms with van der Waals surface area (Å²) in [5.74, 6) is -0.307. The summed E-state index contributed by atoms with van der Waals surface area (Å²) in [7, 11) is 0. The summed E-state index contributed by atoms with van der Waals surface area (Å²) in [4.78, 5) is 4.64. The summed E-state index contributed by atoms with van der Waals surface area (Å²) >= 11 is 0. The van der Waals surface area contributed by atoms with Crippen molar-refractivity contribution in [1.82, 2.24) is 0 Å². The lowest BCUT2D eigenvalue weighted by atomic mass is 9.85. The van der Waals surface area contributed by atoms with E-state index in [0.717, 1.165) is 17.7 Å². The highest BCUT2D eigenvalue weighted by atomic mass is 19.1. The molecule has 0 N–H and O–H groups in total. The molecule has 0 aliphatic carbocycles. The van der Waals surface area contributed by atoms with Gasteiger partial charge in [0.25, 0.3) is 0 Å². The Bertz CT molecular complexity index is 816. The van der Waals surface area contributed by atoms with Gasteiger partial charge in [0.1, 0.15) is 17.4 Å². The van der Waals surface area contributed by atoms with Crippen molar-refractivity contribution in [2.75, 3.05) is 6.61 Å². The van der Waals surface area contributed by atoms with Crippen LogP contribution in [0.3, 0.4) is 0 Å². The molecule has 4 heteroatoms. The van der Waals surface area contributed by atoms with Crippen LogP contribution >= 0.6 is 0 Å². The van der Waals surface area contributed by atoms with Gasteiger partial charge in [-0.1, -0.05) is 39.0 Å². The Morgan fingerprint density at radius 3 is 2.42 bits per heavy atom. The van der Waals surface area contributed by atoms with Gasteiger partial charge in [-0.15, -0.1) is 0 Å². The van der Waals surface area contributed by atoms with Crippen molar-refractivity contribution in [2.24, 2.45) is 4.99 Å². The van der Waals surface area contributed by atoms with Crippen LogP contribution in [0.1, 0.15) is 63.3 Å². The second kappa shape index (κ2) is 7.18. The Hall–Kier alpha value is -2.23. The molecule has 1 atom stereocenters. The molecular formula is C22H25F2NO. The zero-order valence-electron chi connectivity index (χ0n) is 15.8. The van der Waals surface area contributed by atoms with Gasteiger partial charge in [0.05, 0.1) is 18.2 Å². The van der Waals surface area contributed by atoms with E-state index in [4.69, 9.17) is 4.74 Å². The molecule has 2 aromatic rings. The minimum absolute atomic E-state index is 0.000674. The molecule has 1 aliphatic rings. The van der Waals surface area contributed by atoms with Crippen molar-refractivity contribution in [1.29, 1.82) is 0 Å². The standard InChI is InChI=1S/C22H25F2NO/c1-5-26-20-13-14(22(2,3)4)9-10-15(20)18-11-12-19(25-18)21-16(23)7-6-8-17(21)24/h6-10,13,18H,5,11-12H2,1-4H3/t18-/m0/s1. The number of hydrogen-bond donors (Lipinski definition) is 0. The summed E-state index contributed by atoms with van der Waals surface area (Å²) in [6, 6.07) is 9.99. The molecule has 1 aliphatic heterocycles. The second-order valence-electron chi connectivity index (χ2n) is 7.66. The van der Waals surface area contributed by atoms with Crippen LogP contribution in [-0.2, 0) is 5.41 Å². The van der Waals surface area contributed by atoms with E-state index < -0.39 is 11.6 Å². The van der Waals surface area contributed by atoms with Crippen molar-refractivity contribution >= 4 is 5.71 Å². The summed E-state index contributed by atoms with van der Waals surface area (Å²) in [5, 5.41) is 0. The van der Waals surface area contributed by atoms with Gasteiger partial charge in [-0.2, -0.15) is 0 Å². The summed E-state index contributed by atoms with van der Waals surface area (Å²) in [6.07, 6.45) is 1.27. The number of aliphatic imine (C=N–C) groups is 1. The van der Waals surface area contributed by atoms with Gasteiger partial charge in [-0.05, 0) is 48.9 Å². The van der Waals surface area contributed by atoms with Crippen molar-refractivity contribution in [3.8, 4) is 5.75 Å². The molecule has 0 unspecified atom stereocenters. The minimum Gasteiger partial charge on any atom is -0.494 e. The van der Waals surface area contributed by atoms with E-state index in [1.54, 1.807) is 0 Å². The van der Waals surface area contributed by atoms with Crippen LogP contribution in [0.15, 0.2) is 41.4 Å². The minimum atomic E-state index is -0.558. The maximum Gasteiger partial charge on any atom is 0.135 e. The molecule has 1 heterocycles. The molecule has 2 aromatic carbocycles. The average molecular weight is 357 g/mol. The SMILES string of the molecule is CCOc1cc(C(C)(C)C)ccc1[C@@H]1CCC(c2c(F)cccc2F)=N1. The molecule has 0 spiro atoms. The number of nitrogens with zero attached hydrogens (tertiary/aromatic N) is 1. The Balaban J connectivity index is 1.98. The molecule has 0 radical (unpaired) electrons. The first-order valence-electron chi connectivity index (χ1n) is 9.09. The molecule has 0 amide bonds. The Kier molecular flexibility index (Phi) is 5.12. The molecule has 0 aromatic heterocycles. The van der Waals surface area contributed by atoms with Crippen LogP contribution < -0.4 is 4.74 Å². The number of rotatable bonds is 4. The first kappa shape index (κ1) is 18.6. The van der Waals surface area contributed by atoms with Crippen LogP contribution in [0.25, 0.3) is 0 Å². The molecular weight excluding hydrogens is 332 g/mol. The monoisotopic (exact) mass is 357 g/mol. The van der Waals surface area contributed by atoms with Crippen LogP contribution in [0, 0.1) is 11.6 Å². The fraction of sp³-hybridized carbons (Fsp3) is 0.409. The Morgan fingerprint density at radius 1 is 1.12 bits per heavy atom. The number of ether oxygens (including phenoxy) is 1. The van der Waals surface area contributed by atoms with E-state index in [1.165, 1.54) is 23.8 Å². The molecule has 0 saturated heterocycles.